The van der Waals surface area contributed by atoms with Gasteiger partial charge in [-0.05, 0) is 61.1 Å². The zero-order valence-corrected chi connectivity index (χ0v) is 17.4. The number of H-pyrrole nitrogens is 1. The summed E-state index contributed by atoms with van der Waals surface area (Å²) in [6.45, 7) is 1.99. The molecule has 2 aromatic carbocycles. The first-order valence-corrected chi connectivity index (χ1v) is 10.8. The number of hydrogen-bond donors (Lipinski definition) is 2. The van der Waals surface area contributed by atoms with Crippen molar-refractivity contribution in [3.05, 3.63) is 76.8 Å². The fraction of sp³-hybridized carbons (Fsp3) is 0.0500. The zero-order valence-electron chi connectivity index (χ0n) is 15.8. The molecule has 0 atom stereocenters. The van der Waals surface area contributed by atoms with Gasteiger partial charge >= 0.3 is 0 Å². The van der Waals surface area contributed by atoms with Crippen molar-refractivity contribution in [2.45, 2.75) is 11.8 Å². The number of primary sulfonamides is 1. The van der Waals surface area contributed by atoms with Crippen LogP contribution in [0.2, 0.25) is 0 Å². The first-order chi connectivity index (χ1) is 14.3. The Hall–Kier alpha value is -3.34. The van der Waals surface area contributed by atoms with Crippen molar-refractivity contribution in [3.8, 4) is 22.7 Å². The molecule has 8 nitrogen and oxygen atoms in total. The number of sulfonamides is 1. The second kappa shape index (κ2) is 7.82. The number of rotatable bonds is 5. The largest absolute Gasteiger partial charge is 0.455 e. The number of nitrogens with zero attached hydrogens (tertiary/aromatic N) is 3. The summed E-state index contributed by atoms with van der Waals surface area (Å²) < 4.78 is 30.4. The predicted molar refractivity (Wildman–Crippen MR) is 116 cm³/mol. The molecule has 0 aliphatic carbocycles. The van der Waals surface area contributed by atoms with Gasteiger partial charge in [0.1, 0.15) is 11.5 Å². The Morgan fingerprint density at radius 2 is 1.87 bits per heavy atom. The highest BCUT2D eigenvalue weighted by Gasteiger charge is 2.11. The van der Waals surface area contributed by atoms with Crippen LogP contribution < -0.4 is 5.14 Å². The Kier molecular flexibility index (Phi) is 5.20. The maximum atomic E-state index is 11.4. The molecule has 0 saturated heterocycles. The number of aromatic nitrogens is 3. The Balaban J connectivity index is 1.62. The maximum Gasteiger partial charge on any atom is 0.238 e. The molecule has 30 heavy (non-hydrogen) atoms. The number of aryl methyl sites for hydroxylation is 1. The van der Waals surface area contributed by atoms with E-state index in [0.29, 0.717) is 27.7 Å². The average Bonchev–Trinajstić information content (AvgIpc) is 3.33. The van der Waals surface area contributed by atoms with E-state index in [1.807, 2.05) is 31.2 Å². The molecule has 2 heterocycles. The van der Waals surface area contributed by atoms with Gasteiger partial charge in [0, 0.05) is 11.1 Å². The zero-order chi connectivity index (χ0) is 21.3. The highest BCUT2D eigenvalue weighted by atomic mass is 32.2. The van der Waals surface area contributed by atoms with Gasteiger partial charge in [-0.2, -0.15) is 14.9 Å². The van der Waals surface area contributed by atoms with E-state index in [1.165, 1.54) is 23.0 Å². The molecule has 2 aromatic heterocycles. The number of benzene rings is 2. The minimum Gasteiger partial charge on any atom is -0.455 e. The van der Waals surface area contributed by atoms with Crippen molar-refractivity contribution in [1.29, 1.82) is 0 Å². The van der Waals surface area contributed by atoms with E-state index < -0.39 is 10.0 Å². The highest BCUT2D eigenvalue weighted by molar-refractivity contribution is 7.89. The molecule has 152 valence electrons. The standard InChI is InChI=1S/C20H17N5O3S2/c1-13-4-2-3-5-17(13)19-23-24-20(29)25(19)22-12-15-8-11-18(28-15)14-6-9-16(10-7-14)30(21,26)27/h2-12H,1H3,(H,24,29)(H2,21,26,27)/b22-12+. The average molecular weight is 440 g/mol. The topological polar surface area (TPSA) is 119 Å². The molecule has 0 radical (unpaired) electrons. The summed E-state index contributed by atoms with van der Waals surface area (Å²) in [4.78, 5) is 0.0395. The molecule has 0 unspecified atom stereocenters. The highest BCUT2D eigenvalue weighted by Crippen LogP contribution is 2.24. The van der Waals surface area contributed by atoms with Gasteiger partial charge in [-0.1, -0.05) is 24.3 Å². The molecule has 4 rings (SSSR count). The summed E-state index contributed by atoms with van der Waals surface area (Å²) in [5.41, 5.74) is 2.67. The monoisotopic (exact) mass is 439 g/mol. The summed E-state index contributed by atoms with van der Waals surface area (Å²) in [5.74, 6) is 1.66. The van der Waals surface area contributed by atoms with Gasteiger partial charge in [0.15, 0.2) is 5.82 Å². The van der Waals surface area contributed by atoms with Crippen LogP contribution >= 0.6 is 12.2 Å². The first kappa shape index (κ1) is 20.0. The van der Waals surface area contributed by atoms with Crippen LogP contribution in [0.25, 0.3) is 22.7 Å². The molecule has 0 amide bonds. The van der Waals surface area contributed by atoms with E-state index in [0.717, 1.165) is 11.1 Å². The van der Waals surface area contributed by atoms with E-state index in [9.17, 15) is 8.42 Å². The summed E-state index contributed by atoms with van der Waals surface area (Å²) in [5, 5.41) is 16.6. The quantitative estimate of drug-likeness (QED) is 0.363. The van der Waals surface area contributed by atoms with Crippen molar-refractivity contribution in [3.63, 3.8) is 0 Å². The van der Waals surface area contributed by atoms with Gasteiger partial charge in [-0.3, -0.25) is 0 Å². The van der Waals surface area contributed by atoms with Gasteiger partial charge in [-0.25, -0.2) is 18.7 Å². The van der Waals surface area contributed by atoms with E-state index in [2.05, 4.69) is 15.3 Å². The lowest BCUT2D eigenvalue weighted by Crippen LogP contribution is -2.11. The third-order valence-electron chi connectivity index (χ3n) is 4.43. The molecule has 0 fully saturated rings. The number of nitrogens with one attached hydrogen (secondary N) is 1. The normalized spacial score (nSPS) is 11.9. The van der Waals surface area contributed by atoms with Crippen molar-refractivity contribution in [2.75, 3.05) is 0 Å². The summed E-state index contributed by atoms with van der Waals surface area (Å²) in [6.07, 6.45) is 1.54. The molecular formula is C20H17N5O3S2. The van der Waals surface area contributed by atoms with E-state index in [-0.39, 0.29) is 4.90 Å². The second-order valence-corrected chi connectivity index (χ2v) is 8.44. The third-order valence-corrected chi connectivity index (χ3v) is 5.62. The van der Waals surface area contributed by atoms with Gasteiger partial charge in [0.2, 0.25) is 14.8 Å². The van der Waals surface area contributed by atoms with Gasteiger partial charge in [-0.15, -0.1) is 0 Å². The number of furan rings is 1. The van der Waals surface area contributed by atoms with Crippen LogP contribution in [0.3, 0.4) is 0 Å². The van der Waals surface area contributed by atoms with E-state index in [4.69, 9.17) is 21.8 Å². The fourth-order valence-corrected chi connectivity index (χ4v) is 3.59. The van der Waals surface area contributed by atoms with Crippen molar-refractivity contribution in [2.24, 2.45) is 10.2 Å². The predicted octanol–water partition coefficient (Wildman–Crippen LogP) is 3.71. The van der Waals surface area contributed by atoms with Gasteiger partial charge in [0.25, 0.3) is 0 Å². The number of aromatic amines is 1. The molecule has 0 aliphatic heterocycles. The molecule has 0 bridgehead atoms. The molecule has 0 spiro atoms. The fourth-order valence-electron chi connectivity index (χ4n) is 2.90. The van der Waals surface area contributed by atoms with Crippen LogP contribution in [-0.2, 0) is 10.0 Å². The summed E-state index contributed by atoms with van der Waals surface area (Å²) in [7, 11) is -3.74. The lowest BCUT2D eigenvalue weighted by Gasteiger charge is -2.03. The molecular weight excluding hydrogens is 422 g/mol. The Labute approximate surface area is 177 Å². The minimum absolute atomic E-state index is 0.0395. The Morgan fingerprint density at radius 1 is 1.13 bits per heavy atom. The minimum atomic E-state index is -3.74. The summed E-state index contributed by atoms with van der Waals surface area (Å²) >= 11 is 5.30. The molecule has 3 N–H and O–H groups in total. The van der Waals surface area contributed by atoms with Crippen LogP contribution in [0, 0.1) is 11.7 Å². The summed E-state index contributed by atoms with van der Waals surface area (Å²) in [6, 6.07) is 17.4. The third kappa shape index (κ3) is 4.01. The first-order valence-electron chi connectivity index (χ1n) is 8.84. The van der Waals surface area contributed by atoms with Crippen LogP contribution in [0.15, 0.2) is 75.1 Å². The SMILES string of the molecule is Cc1ccccc1-c1n[nH]c(=S)n1/N=C/c1ccc(-c2ccc(S(N)(=O)=O)cc2)o1. The molecule has 0 aliphatic rings. The maximum absolute atomic E-state index is 11.4. The Morgan fingerprint density at radius 3 is 2.57 bits per heavy atom. The van der Waals surface area contributed by atoms with E-state index >= 15 is 0 Å². The lowest BCUT2D eigenvalue weighted by atomic mass is 10.1. The Bertz CT molecular complexity index is 1400. The van der Waals surface area contributed by atoms with Crippen LogP contribution in [-0.4, -0.2) is 29.5 Å². The lowest BCUT2D eigenvalue weighted by molar-refractivity contribution is 0.574. The van der Waals surface area contributed by atoms with Gasteiger partial charge < -0.3 is 4.42 Å². The number of nitrogens with two attached hydrogens (primary N) is 1. The molecule has 10 heteroatoms. The van der Waals surface area contributed by atoms with Crippen molar-refractivity contribution >= 4 is 28.5 Å². The second-order valence-electron chi connectivity index (χ2n) is 6.50. The molecule has 0 saturated carbocycles. The van der Waals surface area contributed by atoms with Crippen LogP contribution in [0.1, 0.15) is 11.3 Å². The van der Waals surface area contributed by atoms with Gasteiger partial charge in [0.05, 0.1) is 11.1 Å². The molecule has 4 aromatic rings. The number of hydrogen-bond acceptors (Lipinski definition) is 6. The van der Waals surface area contributed by atoms with Crippen molar-refractivity contribution < 1.29 is 12.8 Å². The van der Waals surface area contributed by atoms with E-state index in [1.54, 1.807) is 24.3 Å². The smallest absolute Gasteiger partial charge is 0.238 e. The van der Waals surface area contributed by atoms with Crippen LogP contribution in [0.4, 0.5) is 0 Å². The van der Waals surface area contributed by atoms with Crippen LogP contribution in [0.5, 0.6) is 0 Å². The van der Waals surface area contributed by atoms with Crippen molar-refractivity contribution in [1.82, 2.24) is 14.9 Å².